The van der Waals surface area contributed by atoms with E-state index in [1.54, 1.807) is 24.7 Å². The zero-order chi connectivity index (χ0) is 15.5. The van der Waals surface area contributed by atoms with Gasteiger partial charge in [0.05, 0.1) is 12.2 Å². The summed E-state index contributed by atoms with van der Waals surface area (Å²) in [5.74, 6) is -0.805. The lowest BCUT2D eigenvalue weighted by Crippen LogP contribution is -2.46. The fraction of sp³-hybridized carbons (Fsp3) is 0.692. The molecule has 1 aliphatic heterocycles. The fourth-order valence-electron chi connectivity index (χ4n) is 2.48. The lowest BCUT2D eigenvalue weighted by molar-refractivity contribution is -0.119. The second-order valence-corrected chi connectivity index (χ2v) is 6.05. The van der Waals surface area contributed by atoms with Crippen molar-refractivity contribution < 1.29 is 9.59 Å². The van der Waals surface area contributed by atoms with Crippen molar-refractivity contribution in [2.24, 2.45) is 5.73 Å². The summed E-state index contributed by atoms with van der Waals surface area (Å²) in [5, 5.41) is 14.0. The molecular formula is C13H22N6O2. The summed E-state index contributed by atoms with van der Waals surface area (Å²) in [5.41, 5.74) is 4.72. The van der Waals surface area contributed by atoms with E-state index in [0.29, 0.717) is 0 Å². The Kier molecular flexibility index (Phi) is 4.56. The summed E-state index contributed by atoms with van der Waals surface area (Å²) in [6.45, 7) is 5.37. The highest BCUT2D eigenvalue weighted by molar-refractivity contribution is 5.92. The quantitative estimate of drug-likeness (QED) is 0.682. The molecule has 1 aromatic heterocycles. The molecule has 0 aliphatic carbocycles. The van der Waals surface area contributed by atoms with Crippen molar-refractivity contribution >= 4 is 11.8 Å². The lowest BCUT2D eigenvalue weighted by Gasteiger charge is -2.24. The van der Waals surface area contributed by atoms with Crippen molar-refractivity contribution in [2.45, 2.75) is 44.7 Å². The van der Waals surface area contributed by atoms with Gasteiger partial charge in [-0.3, -0.25) is 9.59 Å². The molecule has 2 amide bonds. The number of primary amides is 1. The zero-order valence-electron chi connectivity index (χ0n) is 12.4. The lowest BCUT2D eigenvalue weighted by atomic mass is 10.0. The molecule has 0 saturated carbocycles. The van der Waals surface area contributed by atoms with E-state index in [-0.39, 0.29) is 24.1 Å². The third kappa shape index (κ3) is 4.25. The van der Waals surface area contributed by atoms with Crippen LogP contribution in [0.3, 0.4) is 0 Å². The Balaban J connectivity index is 2.00. The largest absolute Gasteiger partial charge is 0.370 e. The van der Waals surface area contributed by atoms with Gasteiger partial charge in [0, 0.05) is 12.0 Å². The van der Waals surface area contributed by atoms with Crippen LogP contribution in [-0.4, -0.2) is 45.4 Å². The number of amides is 2. The Morgan fingerprint density at radius 2 is 2.14 bits per heavy atom. The highest BCUT2D eigenvalue weighted by atomic mass is 16.2. The Bertz CT molecular complexity index is 518. The minimum Gasteiger partial charge on any atom is -0.370 e. The van der Waals surface area contributed by atoms with E-state index < -0.39 is 11.4 Å². The smallest absolute Gasteiger partial charge is 0.273 e. The van der Waals surface area contributed by atoms with Gasteiger partial charge in [-0.2, -0.15) is 0 Å². The van der Waals surface area contributed by atoms with Crippen LogP contribution in [0.2, 0.25) is 0 Å². The maximum atomic E-state index is 12.1. The summed E-state index contributed by atoms with van der Waals surface area (Å²) < 4.78 is 1.75. The van der Waals surface area contributed by atoms with Crippen LogP contribution in [0.15, 0.2) is 6.20 Å². The zero-order valence-corrected chi connectivity index (χ0v) is 12.4. The first-order valence-electron chi connectivity index (χ1n) is 7.11. The van der Waals surface area contributed by atoms with Crippen molar-refractivity contribution in [2.75, 3.05) is 13.1 Å². The van der Waals surface area contributed by atoms with Crippen LogP contribution in [0.4, 0.5) is 0 Å². The standard InChI is InChI=1S/C13H22N6O2/c1-13(2,7-11(14)20)16-12(21)10-8-19(18-17-10)9-3-5-15-6-4-9/h8-9,15H,3-7H2,1-2H3,(H2,14,20)(H,16,21). The summed E-state index contributed by atoms with van der Waals surface area (Å²) >= 11 is 0. The second kappa shape index (κ2) is 6.21. The number of rotatable bonds is 5. The van der Waals surface area contributed by atoms with Gasteiger partial charge in [-0.15, -0.1) is 5.10 Å². The van der Waals surface area contributed by atoms with Gasteiger partial charge in [-0.25, -0.2) is 4.68 Å². The van der Waals surface area contributed by atoms with Gasteiger partial charge in [-0.05, 0) is 39.8 Å². The van der Waals surface area contributed by atoms with Crippen molar-refractivity contribution in [1.82, 2.24) is 25.6 Å². The van der Waals surface area contributed by atoms with E-state index in [1.807, 2.05) is 0 Å². The molecular weight excluding hydrogens is 272 g/mol. The molecule has 2 heterocycles. The van der Waals surface area contributed by atoms with Crippen LogP contribution >= 0.6 is 0 Å². The topological polar surface area (TPSA) is 115 Å². The average molecular weight is 294 g/mol. The number of nitrogens with one attached hydrogen (secondary N) is 2. The summed E-state index contributed by atoms with van der Waals surface area (Å²) in [7, 11) is 0. The third-order valence-corrected chi connectivity index (χ3v) is 3.49. The van der Waals surface area contributed by atoms with Gasteiger partial charge in [0.1, 0.15) is 0 Å². The third-order valence-electron chi connectivity index (χ3n) is 3.49. The van der Waals surface area contributed by atoms with Crippen LogP contribution in [0.25, 0.3) is 0 Å². The van der Waals surface area contributed by atoms with E-state index in [1.165, 1.54) is 0 Å². The van der Waals surface area contributed by atoms with Gasteiger partial charge < -0.3 is 16.4 Å². The molecule has 0 aromatic carbocycles. The molecule has 1 aliphatic rings. The van der Waals surface area contributed by atoms with Crippen molar-refractivity contribution in [3.05, 3.63) is 11.9 Å². The van der Waals surface area contributed by atoms with Crippen LogP contribution in [0, 0.1) is 0 Å². The predicted molar refractivity (Wildman–Crippen MR) is 76.5 cm³/mol. The molecule has 8 heteroatoms. The van der Waals surface area contributed by atoms with Crippen molar-refractivity contribution in [3.8, 4) is 0 Å². The van der Waals surface area contributed by atoms with Crippen LogP contribution < -0.4 is 16.4 Å². The first-order chi connectivity index (χ1) is 9.87. The maximum absolute atomic E-state index is 12.1. The minimum atomic E-state index is -0.707. The Morgan fingerprint density at radius 3 is 2.76 bits per heavy atom. The molecule has 0 atom stereocenters. The highest BCUT2D eigenvalue weighted by Crippen LogP contribution is 2.17. The molecule has 116 valence electrons. The van der Waals surface area contributed by atoms with Crippen molar-refractivity contribution in [3.63, 3.8) is 0 Å². The van der Waals surface area contributed by atoms with Gasteiger partial charge >= 0.3 is 0 Å². The number of aromatic nitrogens is 3. The number of nitrogens with two attached hydrogens (primary N) is 1. The SMILES string of the molecule is CC(C)(CC(N)=O)NC(=O)c1cn(C2CCNCC2)nn1. The molecule has 8 nitrogen and oxygen atoms in total. The van der Waals surface area contributed by atoms with Crippen LogP contribution in [0.5, 0.6) is 0 Å². The fourth-order valence-corrected chi connectivity index (χ4v) is 2.48. The summed E-state index contributed by atoms with van der Waals surface area (Å²) in [6.07, 6.45) is 3.67. The molecule has 0 spiro atoms. The number of carbonyl (C=O) groups is 2. The number of carbonyl (C=O) groups excluding carboxylic acids is 2. The average Bonchev–Trinajstić information content (AvgIpc) is 2.87. The molecule has 1 aromatic rings. The predicted octanol–water partition coefficient (Wildman–Crippen LogP) is -0.414. The highest BCUT2D eigenvalue weighted by Gasteiger charge is 2.25. The molecule has 0 bridgehead atoms. The Hall–Kier alpha value is -1.96. The molecule has 4 N–H and O–H groups in total. The number of nitrogens with zero attached hydrogens (tertiary/aromatic N) is 3. The normalized spacial score (nSPS) is 16.7. The minimum absolute atomic E-state index is 0.0706. The van der Waals surface area contributed by atoms with Crippen molar-refractivity contribution in [1.29, 1.82) is 0 Å². The molecule has 21 heavy (non-hydrogen) atoms. The Labute approximate surface area is 123 Å². The first kappa shape index (κ1) is 15.4. The van der Waals surface area contributed by atoms with Crippen LogP contribution in [-0.2, 0) is 4.79 Å². The number of hydrogen-bond donors (Lipinski definition) is 3. The molecule has 0 unspecified atom stereocenters. The van der Waals surface area contributed by atoms with Gasteiger partial charge in [-0.1, -0.05) is 5.21 Å². The van der Waals surface area contributed by atoms with E-state index in [0.717, 1.165) is 25.9 Å². The van der Waals surface area contributed by atoms with E-state index >= 15 is 0 Å². The maximum Gasteiger partial charge on any atom is 0.273 e. The Morgan fingerprint density at radius 1 is 1.48 bits per heavy atom. The van der Waals surface area contributed by atoms with E-state index in [2.05, 4.69) is 20.9 Å². The van der Waals surface area contributed by atoms with Crippen LogP contribution in [0.1, 0.15) is 49.6 Å². The monoisotopic (exact) mass is 294 g/mol. The summed E-state index contributed by atoms with van der Waals surface area (Å²) in [6, 6.07) is 0.277. The molecule has 0 radical (unpaired) electrons. The summed E-state index contributed by atoms with van der Waals surface area (Å²) in [4.78, 5) is 23.1. The van der Waals surface area contributed by atoms with E-state index in [9.17, 15) is 9.59 Å². The molecule has 2 rings (SSSR count). The molecule has 1 fully saturated rings. The molecule has 1 saturated heterocycles. The van der Waals surface area contributed by atoms with Gasteiger partial charge in [0.25, 0.3) is 5.91 Å². The van der Waals surface area contributed by atoms with Gasteiger partial charge in [0.15, 0.2) is 5.69 Å². The number of hydrogen-bond acceptors (Lipinski definition) is 5. The van der Waals surface area contributed by atoms with E-state index in [4.69, 9.17) is 5.73 Å². The number of piperidine rings is 1. The first-order valence-corrected chi connectivity index (χ1v) is 7.11. The second-order valence-electron chi connectivity index (χ2n) is 6.05. The van der Waals surface area contributed by atoms with Gasteiger partial charge in [0.2, 0.25) is 5.91 Å².